The molecule has 1 aromatic rings. The molecule has 0 fully saturated rings. The lowest BCUT2D eigenvalue weighted by molar-refractivity contribution is 0.101. The van der Waals surface area contributed by atoms with Gasteiger partial charge in [-0.15, -0.1) is 0 Å². The maximum atomic E-state index is 6.11. The summed E-state index contributed by atoms with van der Waals surface area (Å²) < 4.78 is 5.34. The summed E-state index contributed by atoms with van der Waals surface area (Å²) in [7, 11) is 0. The number of hydrogen-bond acceptors (Lipinski definition) is 2. The summed E-state index contributed by atoms with van der Waals surface area (Å²) in [5.74, 6) is 0. The number of ether oxygens (including phenoxy) is 1. The molecule has 84 valence electrons. The Morgan fingerprint density at radius 1 is 1.33 bits per heavy atom. The van der Waals surface area contributed by atoms with Crippen molar-refractivity contribution < 1.29 is 4.74 Å². The van der Waals surface area contributed by atoms with Crippen molar-refractivity contribution in [1.29, 1.82) is 0 Å². The highest BCUT2D eigenvalue weighted by molar-refractivity contribution is 6.30. The molecule has 1 aromatic carbocycles. The smallest absolute Gasteiger partial charge is 0.0646 e. The molecule has 0 aliphatic heterocycles. The maximum Gasteiger partial charge on any atom is 0.0646 e. The van der Waals surface area contributed by atoms with E-state index in [-0.39, 0.29) is 5.54 Å². The molecule has 1 rings (SSSR count). The van der Waals surface area contributed by atoms with Crippen molar-refractivity contribution in [1.82, 2.24) is 0 Å². The summed E-state index contributed by atoms with van der Waals surface area (Å²) in [6, 6.07) is 7.76. The van der Waals surface area contributed by atoms with Crippen LogP contribution in [-0.4, -0.2) is 18.8 Å². The van der Waals surface area contributed by atoms with Gasteiger partial charge in [-0.3, -0.25) is 0 Å². The van der Waals surface area contributed by atoms with Crippen molar-refractivity contribution in [3.05, 3.63) is 34.9 Å². The van der Waals surface area contributed by atoms with E-state index in [4.69, 9.17) is 22.1 Å². The molecule has 0 saturated heterocycles. The molecule has 1 unspecified atom stereocenters. The number of hydrogen-bond donors (Lipinski definition) is 1. The predicted molar refractivity (Wildman–Crippen MR) is 64.2 cm³/mol. The summed E-state index contributed by atoms with van der Waals surface area (Å²) in [6.07, 6.45) is 0.796. The van der Waals surface area contributed by atoms with Crippen LogP contribution in [-0.2, 0) is 11.2 Å². The van der Waals surface area contributed by atoms with E-state index >= 15 is 0 Å². The van der Waals surface area contributed by atoms with Gasteiger partial charge >= 0.3 is 0 Å². The fourth-order valence-electron chi connectivity index (χ4n) is 1.45. The predicted octanol–water partition coefficient (Wildman–Crippen LogP) is 2.64. The van der Waals surface area contributed by atoms with E-state index in [9.17, 15) is 0 Å². The van der Waals surface area contributed by atoms with E-state index < -0.39 is 0 Å². The van der Waals surface area contributed by atoms with Crippen LogP contribution in [0.3, 0.4) is 0 Å². The van der Waals surface area contributed by atoms with Gasteiger partial charge in [0.05, 0.1) is 6.61 Å². The Labute approximate surface area is 96.4 Å². The summed E-state index contributed by atoms with van der Waals surface area (Å²) in [4.78, 5) is 0. The second kappa shape index (κ2) is 5.50. The minimum absolute atomic E-state index is 0.316. The molecule has 1 atom stereocenters. The second-order valence-electron chi connectivity index (χ2n) is 4.09. The first kappa shape index (κ1) is 12.5. The molecule has 0 aliphatic rings. The fraction of sp³-hybridized carbons (Fsp3) is 0.500. The third-order valence-corrected chi connectivity index (χ3v) is 2.41. The van der Waals surface area contributed by atoms with E-state index in [1.54, 1.807) is 0 Å². The van der Waals surface area contributed by atoms with E-state index in [1.807, 2.05) is 38.1 Å². The van der Waals surface area contributed by atoms with Gasteiger partial charge in [0.25, 0.3) is 0 Å². The summed E-state index contributed by atoms with van der Waals surface area (Å²) in [5.41, 5.74) is 6.98. The van der Waals surface area contributed by atoms with Crippen LogP contribution in [0.5, 0.6) is 0 Å². The topological polar surface area (TPSA) is 35.2 Å². The quantitative estimate of drug-likeness (QED) is 0.840. The van der Waals surface area contributed by atoms with Crippen molar-refractivity contribution in [2.75, 3.05) is 13.2 Å². The van der Waals surface area contributed by atoms with Crippen LogP contribution in [0.1, 0.15) is 19.4 Å². The standard InChI is InChI=1S/C12H18ClNO/c1-3-15-9-12(2,14)8-10-4-6-11(13)7-5-10/h4-7H,3,8-9,14H2,1-2H3. The molecule has 0 saturated carbocycles. The highest BCUT2D eigenvalue weighted by Crippen LogP contribution is 2.14. The molecule has 0 heterocycles. The Balaban J connectivity index is 2.56. The van der Waals surface area contributed by atoms with Crippen molar-refractivity contribution >= 4 is 11.6 Å². The Morgan fingerprint density at radius 3 is 2.47 bits per heavy atom. The van der Waals surface area contributed by atoms with Gasteiger partial charge in [0.1, 0.15) is 0 Å². The van der Waals surface area contributed by atoms with Crippen molar-refractivity contribution in [3.63, 3.8) is 0 Å². The lowest BCUT2D eigenvalue weighted by Gasteiger charge is -2.24. The third kappa shape index (κ3) is 4.65. The van der Waals surface area contributed by atoms with E-state index in [0.717, 1.165) is 11.4 Å². The fourth-order valence-corrected chi connectivity index (χ4v) is 1.58. The van der Waals surface area contributed by atoms with Crippen molar-refractivity contribution in [2.45, 2.75) is 25.8 Å². The van der Waals surface area contributed by atoms with E-state index in [0.29, 0.717) is 13.2 Å². The number of rotatable bonds is 5. The lowest BCUT2D eigenvalue weighted by Crippen LogP contribution is -2.43. The van der Waals surface area contributed by atoms with Crippen LogP contribution >= 0.6 is 11.6 Å². The Kier molecular flexibility index (Phi) is 4.58. The average Bonchev–Trinajstić information content (AvgIpc) is 2.18. The zero-order valence-corrected chi connectivity index (χ0v) is 10.1. The molecule has 0 bridgehead atoms. The lowest BCUT2D eigenvalue weighted by atomic mass is 9.95. The van der Waals surface area contributed by atoms with Crippen molar-refractivity contribution in [2.24, 2.45) is 5.73 Å². The zero-order valence-electron chi connectivity index (χ0n) is 9.29. The van der Waals surface area contributed by atoms with E-state index in [1.165, 1.54) is 5.56 Å². The second-order valence-corrected chi connectivity index (χ2v) is 4.53. The van der Waals surface area contributed by atoms with Crippen LogP contribution < -0.4 is 5.73 Å². The summed E-state index contributed by atoms with van der Waals surface area (Å²) >= 11 is 5.81. The number of halogens is 1. The van der Waals surface area contributed by atoms with Crippen LogP contribution in [0.15, 0.2) is 24.3 Å². The summed E-state index contributed by atoms with van der Waals surface area (Å²) in [5, 5.41) is 0.752. The molecule has 0 aromatic heterocycles. The molecule has 2 N–H and O–H groups in total. The first-order valence-corrected chi connectivity index (χ1v) is 5.52. The third-order valence-electron chi connectivity index (χ3n) is 2.16. The number of nitrogens with two attached hydrogens (primary N) is 1. The van der Waals surface area contributed by atoms with Gasteiger partial charge in [0, 0.05) is 17.2 Å². The molecular weight excluding hydrogens is 210 g/mol. The molecule has 0 radical (unpaired) electrons. The Hall–Kier alpha value is -0.570. The SMILES string of the molecule is CCOCC(C)(N)Cc1ccc(Cl)cc1. The normalized spacial score (nSPS) is 14.9. The highest BCUT2D eigenvalue weighted by atomic mass is 35.5. The molecule has 3 heteroatoms. The van der Waals surface area contributed by atoms with Crippen molar-refractivity contribution in [3.8, 4) is 0 Å². The average molecular weight is 228 g/mol. The summed E-state index contributed by atoms with van der Waals surface area (Å²) in [6.45, 7) is 5.25. The van der Waals surface area contributed by atoms with Crippen LogP contribution in [0.2, 0.25) is 5.02 Å². The molecule has 0 spiro atoms. The molecule has 0 amide bonds. The number of benzene rings is 1. The molecule has 0 aliphatic carbocycles. The van der Waals surface area contributed by atoms with Gasteiger partial charge in [0.15, 0.2) is 0 Å². The van der Waals surface area contributed by atoms with Gasteiger partial charge in [0.2, 0.25) is 0 Å². The van der Waals surface area contributed by atoms with Crippen LogP contribution in [0.25, 0.3) is 0 Å². The Bertz CT molecular complexity index is 295. The zero-order chi connectivity index (χ0) is 11.3. The minimum atomic E-state index is -0.316. The largest absolute Gasteiger partial charge is 0.380 e. The highest BCUT2D eigenvalue weighted by Gasteiger charge is 2.18. The van der Waals surface area contributed by atoms with E-state index in [2.05, 4.69) is 0 Å². The first-order chi connectivity index (χ1) is 7.03. The minimum Gasteiger partial charge on any atom is -0.380 e. The van der Waals surface area contributed by atoms with Gasteiger partial charge in [-0.2, -0.15) is 0 Å². The van der Waals surface area contributed by atoms with Crippen LogP contribution in [0, 0.1) is 0 Å². The van der Waals surface area contributed by atoms with Gasteiger partial charge in [-0.05, 0) is 38.0 Å². The van der Waals surface area contributed by atoms with Gasteiger partial charge in [-0.25, -0.2) is 0 Å². The Morgan fingerprint density at radius 2 is 1.93 bits per heavy atom. The molecule has 15 heavy (non-hydrogen) atoms. The monoisotopic (exact) mass is 227 g/mol. The molecule has 2 nitrogen and oxygen atoms in total. The van der Waals surface area contributed by atoms with Gasteiger partial charge < -0.3 is 10.5 Å². The van der Waals surface area contributed by atoms with Gasteiger partial charge in [-0.1, -0.05) is 23.7 Å². The first-order valence-electron chi connectivity index (χ1n) is 5.14. The maximum absolute atomic E-state index is 6.11. The van der Waals surface area contributed by atoms with Crippen LogP contribution in [0.4, 0.5) is 0 Å². The molecular formula is C12H18ClNO.